The number of rotatable bonds is 4. The SMILES string of the molecule is O=C1N=NC(=O)c2cc(N3N=C(/C=C/c4ccccc4)NN3c3nc4ccccc4s3)ccc21. The Bertz CT molecular complexity index is 1510. The molecule has 0 aliphatic carbocycles. The summed E-state index contributed by atoms with van der Waals surface area (Å²) in [5.41, 5.74) is 6.12. The van der Waals surface area contributed by atoms with E-state index in [9.17, 15) is 9.59 Å². The maximum Gasteiger partial charge on any atom is 0.296 e. The average Bonchev–Trinajstić information content (AvgIpc) is 3.50. The van der Waals surface area contributed by atoms with E-state index in [0.29, 0.717) is 16.7 Å². The van der Waals surface area contributed by atoms with Crippen LogP contribution in [0.2, 0.25) is 0 Å². The van der Waals surface area contributed by atoms with Crippen LogP contribution in [0.15, 0.2) is 94.2 Å². The fourth-order valence-electron chi connectivity index (χ4n) is 3.61. The van der Waals surface area contributed by atoms with Crippen LogP contribution in [0.4, 0.5) is 10.8 Å². The van der Waals surface area contributed by atoms with Crippen LogP contribution < -0.4 is 15.7 Å². The van der Waals surface area contributed by atoms with E-state index in [1.54, 1.807) is 28.4 Å². The molecule has 0 unspecified atom stereocenters. The Morgan fingerprint density at radius 1 is 0.824 bits per heavy atom. The number of nitrogens with zero attached hydrogens (tertiary/aromatic N) is 6. The highest BCUT2D eigenvalue weighted by Gasteiger charge is 2.30. The van der Waals surface area contributed by atoms with E-state index in [1.807, 2.05) is 66.7 Å². The molecule has 0 radical (unpaired) electrons. The topological polar surface area (TPSA) is 103 Å². The third kappa shape index (κ3) is 3.51. The van der Waals surface area contributed by atoms with Crippen LogP contribution in [0.25, 0.3) is 16.3 Å². The Labute approximate surface area is 197 Å². The molecule has 10 heteroatoms. The number of hydrogen-bond acceptors (Lipinski definition) is 8. The highest BCUT2D eigenvalue weighted by atomic mass is 32.1. The normalized spacial score (nSPS) is 15.2. The van der Waals surface area contributed by atoms with Gasteiger partial charge in [0.2, 0.25) is 5.13 Å². The molecule has 2 amide bonds. The zero-order chi connectivity index (χ0) is 23.1. The number of anilines is 2. The van der Waals surface area contributed by atoms with E-state index in [2.05, 4.69) is 20.8 Å². The molecule has 0 fully saturated rings. The number of carbonyl (C=O) groups is 2. The van der Waals surface area contributed by atoms with Crippen molar-refractivity contribution in [3.05, 3.63) is 95.6 Å². The zero-order valence-electron chi connectivity index (χ0n) is 17.5. The molecule has 3 heterocycles. The summed E-state index contributed by atoms with van der Waals surface area (Å²) in [6.07, 6.45) is 3.80. The van der Waals surface area contributed by atoms with Crippen molar-refractivity contribution in [2.24, 2.45) is 15.3 Å². The second kappa shape index (κ2) is 8.01. The minimum absolute atomic E-state index is 0.185. The summed E-state index contributed by atoms with van der Waals surface area (Å²) in [6.45, 7) is 0. The first kappa shape index (κ1) is 19.9. The molecule has 0 bridgehead atoms. The van der Waals surface area contributed by atoms with Gasteiger partial charge in [-0.15, -0.1) is 25.6 Å². The van der Waals surface area contributed by atoms with Gasteiger partial charge in [-0.1, -0.05) is 59.9 Å². The van der Waals surface area contributed by atoms with E-state index in [4.69, 9.17) is 4.98 Å². The van der Waals surface area contributed by atoms with Gasteiger partial charge in [0.15, 0.2) is 5.84 Å². The first-order valence-electron chi connectivity index (χ1n) is 10.3. The van der Waals surface area contributed by atoms with Crippen molar-refractivity contribution < 1.29 is 9.59 Å². The number of amidine groups is 1. The third-order valence-electron chi connectivity index (χ3n) is 5.24. The highest BCUT2D eigenvalue weighted by Crippen LogP contribution is 2.33. The largest absolute Gasteiger partial charge is 0.296 e. The number of hydrazine groups is 2. The number of carbonyl (C=O) groups excluding carboxylic acids is 2. The predicted octanol–water partition coefficient (Wildman–Crippen LogP) is 4.82. The number of thiazole rings is 1. The van der Waals surface area contributed by atoms with Crippen LogP contribution >= 0.6 is 11.3 Å². The van der Waals surface area contributed by atoms with Gasteiger partial charge in [-0.3, -0.25) is 15.0 Å². The second-order valence-corrected chi connectivity index (χ2v) is 8.46. The summed E-state index contributed by atoms with van der Waals surface area (Å²) >= 11 is 1.50. The van der Waals surface area contributed by atoms with Gasteiger partial charge in [-0.2, -0.15) is 0 Å². The lowest BCUT2D eigenvalue weighted by molar-refractivity contribution is 0.0921. The molecule has 2 aliphatic heterocycles. The highest BCUT2D eigenvalue weighted by molar-refractivity contribution is 7.22. The van der Waals surface area contributed by atoms with Crippen molar-refractivity contribution in [2.75, 3.05) is 10.2 Å². The Kier molecular flexibility index (Phi) is 4.70. The summed E-state index contributed by atoms with van der Waals surface area (Å²) in [7, 11) is 0. The number of aromatic nitrogens is 1. The molecule has 164 valence electrons. The molecule has 0 atom stereocenters. The van der Waals surface area contributed by atoms with Crippen LogP contribution in [0.1, 0.15) is 26.3 Å². The van der Waals surface area contributed by atoms with Crippen LogP contribution in [0.5, 0.6) is 0 Å². The number of hydrogen-bond donors (Lipinski definition) is 1. The molecular formula is C24H15N7O2S. The van der Waals surface area contributed by atoms with Crippen molar-refractivity contribution in [2.45, 2.75) is 0 Å². The van der Waals surface area contributed by atoms with Gasteiger partial charge in [-0.25, -0.2) is 4.98 Å². The van der Waals surface area contributed by atoms with Gasteiger partial charge in [0.1, 0.15) is 0 Å². The first-order valence-corrected chi connectivity index (χ1v) is 11.2. The molecule has 2 aliphatic rings. The number of amides is 2. The number of benzene rings is 3. The Morgan fingerprint density at radius 3 is 2.41 bits per heavy atom. The molecule has 4 aromatic rings. The monoisotopic (exact) mass is 465 g/mol. The number of fused-ring (bicyclic) bond motifs is 2. The first-order chi connectivity index (χ1) is 16.7. The van der Waals surface area contributed by atoms with Gasteiger partial charge < -0.3 is 0 Å². The molecule has 1 N–H and O–H groups in total. The fraction of sp³-hybridized carbons (Fsp3) is 0. The molecule has 9 nitrogen and oxygen atoms in total. The van der Waals surface area contributed by atoms with Crippen LogP contribution in [-0.4, -0.2) is 22.6 Å². The van der Waals surface area contributed by atoms with Crippen molar-refractivity contribution in [1.82, 2.24) is 10.4 Å². The summed E-state index contributed by atoms with van der Waals surface area (Å²) < 4.78 is 1.03. The second-order valence-electron chi connectivity index (χ2n) is 7.45. The molecule has 6 rings (SSSR count). The van der Waals surface area contributed by atoms with Gasteiger partial charge in [-0.05, 0) is 42.0 Å². The lowest BCUT2D eigenvalue weighted by atomic mass is 10.0. The van der Waals surface area contributed by atoms with E-state index in [-0.39, 0.29) is 11.1 Å². The molecule has 0 saturated heterocycles. The minimum Gasteiger partial charge on any atom is -0.265 e. The van der Waals surface area contributed by atoms with Gasteiger partial charge in [0.05, 0.1) is 27.0 Å². The maximum absolute atomic E-state index is 12.3. The lowest BCUT2D eigenvalue weighted by Crippen LogP contribution is -2.44. The van der Waals surface area contributed by atoms with Crippen molar-refractivity contribution in [3.8, 4) is 0 Å². The number of nitrogens with one attached hydrogen (secondary N) is 1. The Balaban J connectivity index is 1.41. The molecule has 0 spiro atoms. The quantitative estimate of drug-likeness (QED) is 0.464. The van der Waals surface area contributed by atoms with E-state index in [1.165, 1.54) is 11.3 Å². The predicted molar refractivity (Wildman–Crippen MR) is 131 cm³/mol. The minimum atomic E-state index is -0.566. The molecule has 1 aromatic heterocycles. The van der Waals surface area contributed by atoms with E-state index >= 15 is 0 Å². The maximum atomic E-state index is 12.3. The number of hydrazone groups is 1. The number of para-hydroxylation sites is 1. The fourth-order valence-corrected chi connectivity index (χ4v) is 4.52. The van der Waals surface area contributed by atoms with Crippen molar-refractivity contribution in [1.29, 1.82) is 0 Å². The van der Waals surface area contributed by atoms with Crippen LogP contribution in [0.3, 0.4) is 0 Å². The van der Waals surface area contributed by atoms with Crippen LogP contribution in [-0.2, 0) is 0 Å². The van der Waals surface area contributed by atoms with E-state index in [0.717, 1.165) is 15.8 Å². The lowest BCUT2D eigenvalue weighted by Gasteiger charge is -2.25. The Hall–Kier alpha value is -4.70. The summed E-state index contributed by atoms with van der Waals surface area (Å²) in [5.74, 6) is -0.537. The summed E-state index contributed by atoms with van der Waals surface area (Å²) in [5, 5.41) is 15.5. The van der Waals surface area contributed by atoms with Gasteiger partial charge in [0, 0.05) is 0 Å². The Morgan fingerprint density at radius 2 is 1.59 bits per heavy atom. The van der Waals surface area contributed by atoms with E-state index < -0.39 is 11.8 Å². The standard InChI is InChI=1S/C24H15N7O2S/c32-22-17-12-11-16(14-18(17)23(33)27-26-22)30-28-21(13-10-15-6-2-1-3-7-15)29-31(30)24-25-19-8-4-5-9-20(19)34-24/h1-14H,(H,28,29)/b13-10+. The molecule has 0 saturated carbocycles. The zero-order valence-corrected chi connectivity index (χ0v) is 18.3. The van der Waals surface area contributed by atoms with Gasteiger partial charge >= 0.3 is 0 Å². The summed E-state index contributed by atoms with van der Waals surface area (Å²) in [6, 6.07) is 22.6. The van der Waals surface area contributed by atoms with Crippen molar-refractivity contribution >= 4 is 56.1 Å². The van der Waals surface area contributed by atoms with Gasteiger partial charge in [0.25, 0.3) is 11.8 Å². The molecular weight excluding hydrogens is 450 g/mol. The molecule has 34 heavy (non-hydrogen) atoms. The smallest absolute Gasteiger partial charge is 0.265 e. The third-order valence-corrected chi connectivity index (χ3v) is 6.25. The number of azo groups is 1. The average molecular weight is 465 g/mol. The summed E-state index contributed by atoms with van der Waals surface area (Å²) in [4.78, 5) is 29.0. The van der Waals surface area contributed by atoms with Crippen molar-refractivity contribution in [3.63, 3.8) is 0 Å². The molecule has 3 aromatic carbocycles. The van der Waals surface area contributed by atoms with Crippen LogP contribution in [0, 0.1) is 0 Å².